The maximum absolute atomic E-state index is 12.3. The van der Waals surface area contributed by atoms with Gasteiger partial charge >= 0.3 is 0 Å². The largest absolute Gasteiger partial charge is 0.365 e. The van der Waals surface area contributed by atoms with Crippen LogP contribution in [0.1, 0.15) is 48.0 Å². The number of nitrogens with one attached hydrogen (secondary N) is 1. The number of amides is 2. The Balaban J connectivity index is 1.29. The quantitative estimate of drug-likeness (QED) is 0.517. The van der Waals surface area contributed by atoms with E-state index in [0.29, 0.717) is 12.8 Å². The van der Waals surface area contributed by atoms with Crippen molar-refractivity contribution in [3.05, 3.63) is 60.0 Å². The molecule has 35 heavy (non-hydrogen) atoms. The van der Waals surface area contributed by atoms with E-state index in [2.05, 4.69) is 26.5 Å². The molecule has 3 heterocycles. The third-order valence-electron chi connectivity index (χ3n) is 6.91. The van der Waals surface area contributed by atoms with E-state index in [9.17, 15) is 14.9 Å². The smallest absolute Gasteiger partial charge is 0.254 e. The number of anilines is 1. The SMILES string of the molecule is N#CCC1(n2cc(C(N)=O)c(NC(=O)C3CC3)n2)CCN(Cc2cnn(-c3ccccc3)c2)CC1. The molecule has 1 saturated carbocycles. The first-order valence-electron chi connectivity index (χ1n) is 11.9. The highest BCUT2D eigenvalue weighted by molar-refractivity contribution is 6.02. The first-order valence-corrected chi connectivity index (χ1v) is 11.9. The molecule has 2 aliphatic rings. The van der Waals surface area contributed by atoms with Gasteiger partial charge in [0.25, 0.3) is 5.91 Å². The Hall–Kier alpha value is -3.97. The van der Waals surface area contributed by atoms with Crippen LogP contribution in [0.25, 0.3) is 5.69 Å². The monoisotopic (exact) mass is 472 g/mol. The molecule has 2 amide bonds. The summed E-state index contributed by atoms with van der Waals surface area (Å²) in [5, 5.41) is 21.4. The highest BCUT2D eigenvalue weighted by Gasteiger charge is 2.39. The van der Waals surface area contributed by atoms with Crippen LogP contribution >= 0.6 is 0 Å². The number of nitrogens with two attached hydrogens (primary N) is 1. The lowest BCUT2D eigenvalue weighted by molar-refractivity contribution is -0.117. The van der Waals surface area contributed by atoms with E-state index < -0.39 is 11.4 Å². The highest BCUT2D eigenvalue weighted by atomic mass is 16.2. The number of rotatable bonds is 8. The summed E-state index contributed by atoms with van der Waals surface area (Å²) in [7, 11) is 0. The molecular formula is C25H28N8O2. The molecule has 0 atom stereocenters. The first kappa shape index (κ1) is 22.8. The second-order valence-electron chi connectivity index (χ2n) is 9.43. The molecule has 3 aromatic rings. The van der Waals surface area contributed by atoms with E-state index in [1.807, 2.05) is 47.4 Å². The number of carbonyl (C=O) groups is 2. The maximum atomic E-state index is 12.3. The number of nitriles is 1. The molecule has 1 saturated heterocycles. The fourth-order valence-corrected chi connectivity index (χ4v) is 4.64. The molecule has 1 aromatic carbocycles. The van der Waals surface area contributed by atoms with Gasteiger partial charge in [0.05, 0.1) is 29.9 Å². The Morgan fingerprint density at radius 1 is 1.17 bits per heavy atom. The van der Waals surface area contributed by atoms with E-state index in [4.69, 9.17) is 5.73 Å². The third kappa shape index (κ3) is 4.81. The molecule has 10 heteroatoms. The average molecular weight is 473 g/mol. The summed E-state index contributed by atoms with van der Waals surface area (Å²) in [5.74, 6) is -0.633. The molecule has 0 bridgehead atoms. The van der Waals surface area contributed by atoms with Gasteiger partial charge in [-0.3, -0.25) is 19.2 Å². The molecule has 0 radical (unpaired) electrons. The van der Waals surface area contributed by atoms with Gasteiger partial charge in [-0.25, -0.2) is 4.68 Å². The lowest BCUT2D eigenvalue weighted by atomic mass is 9.85. The lowest BCUT2D eigenvalue weighted by Gasteiger charge is -2.40. The predicted octanol–water partition coefficient (Wildman–Crippen LogP) is 2.42. The number of carbonyl (C=O) groups excluding carboxylic acids is 2. The van der Waals surface area contributed by atoms with Crippen LogP contribution in [0.2, 0.25) is 0 Å². The Kier molecular flexibility index (Phi) is 6.09. The van der Waals surface area contributed by atoms with Crippen LogP contribution in [0.5, 0.6) is 0 Å². The molecule has 1 aliphatic heterocycles. The molecule has 180 valence electrons. The summed E-state index contributed by atoms with van der Waals surface area (Å²) in [6.45, 7) is 2.27. The molecule has 2 aromatic heterocycles. The van der Waals surface area contributed by atoms with Crippen molar-refractivity contribution in [3.63, 3.8) is 0 Å². The third-order valence-corrected chi connectivity index (χ3v) is 6.91. The second kappa shape index (κ2) is 9.35. The van der Waals surface area contributed by atoms with Gasteiger partial charge in [0.2, 0.25) is 5.91 Å². The van der Waals surface area contributed by atoms with E-state index in [1.54, 1.807) is 10.9 Å². The van der Waals surface area contributed by atoms with Crippen LogP contribution in [0.15, 0.2) is 48.9 Å². The number of aromatic nitrogens is 4. The van der Waals surface area contributed by atoms with Gasteiger partial charge in [-0.05, 0) is 37.8 Å². The molecule has 2 fully saturated rings. The Morgan fingerprint density at radius 3 is 2.57 bits per heavy atom. The molecule has 3 N–H and O–H groups in total. The van der Waals surface area contributed by atoms with E-state index >= 15 is 0 Å². The molecule has 1 aliphatic carbocycles. The van der Waals surface area contributed by atoms with E-state index in [0.717, 1.165) is 43.7 Å². The lowest BCUT2D eigenvalue weighted by Crippen LogP contribution is -2.46. The average Bonchev–Trinajstić information content (AvgIpc) is 3.47. The van der Waals surface area contributed by atoms with Crippen molar-refractivity contribution in [2.45, 2.75) is 44.2 Å². The highest BCUT2D eigenvalue weighted by Crippen LogP contribution is 2.36. The Labute approximate surface area is 203 Å². The number of benzene rings is 1. The van der Waals surface area contributed by atoms with E-state index in [-0.39, 0.29) is 29.6 Å². The van der Waals surface area contributed by atoms with Gasteiger partial charge in [0, 0.05) is 43.5 Å². The minimum Gasteiger partial charge on any atom is -0.365 e. The van der Waals surface area contributed by atoms with Gasteiger partial charge in [-0.1, -0.05) is 18.2 Å². The van der Waals surface area contributed by atoms with Crippen LogP contribution in [0.3, 0.4) is 0 Å². The summed E-state index contributed by atoms with van der Waals surface area (Å²) >= 11 is 0. The number of nitrogens with zero attached hydrogens (tertiary/aromatic N) is 6. The second-order valence-corrected chi connectivity index (χ2v) is 9.43. The zero-order chi connectivity index (χ0) is 24.4. The minimum atomic E-state index is -0.651. The summed E-state index contributed by atoms with van der Waals surface area (Å²) in [4.78, 5) is 26.6. The van der Waals surface area contributed by atoms with Crippen LogP contribution in [0, 0.1) is 17.2 Å². The summed E-state index contributed by atoms with van der Waals surface area (Å²) < 4.78 is 3.55. The molecule has 10 nitrogen and oxygen atoms in total. The fourth-order valence-electron chi connectivity index (χ4n) is 4.64. The van der Waals surface area contributed by atoms with Gasteiger partial charge < -0.3 is 11.1 Å². The number of likely N-dealkylation sites (tertiary alicyclic amines) is 1. The van der Waals surface area contributed by atoms with Crippen molar-refractivity contribution < 1.29 is 9.59 Å². The van der Waals surface area contributed by atoms with Crippen molar-refractivity contribution in [2.24, 2.45) is 11.7 Å². The number of para-hydroxylation sites is 1. The Bertz CT molecular complexity index is 1260. The predicted molar refractivity (Wildman–Crippen MR) is 128 cm³/mol. The summed E-state index contributed by atoms with van der Waals surface area (Å²) in [5.41, 5.74) is 7.30. The normalized spacial score (nSPS) is 17.6. The van der Waals surface area contributed by atoms with Crippen molar-refractivity contribution in [1.29, 1.82) is 5.26 Å². The summed E-state index contributed by atoms with van der Waals surface area (Å²) in [6.07, 6.45) is 8.81. The van der Waals surface area contributed by atoms with Crippen molar-refractivity contribution in [1.82, 2.24) is 24.5 Å². The zero-order valence-electron chi connectivity index (χ0n) is 19.4. The van der Waals surface area contributed by atoms with Crippen molar-refractivity contribution in [3.8, 4) is 11.8 Å². The van der Waals surface area contributed by atoms with Crippen LogP contribution in [-0.4, -0.2) is 49.4 Å². The molecular weight excluding hydrogens is 444 g/mol. The number of hydrogen-bond acceptors (Lipinski definition) is 6. The number of piperidine rings is 1. The topological polar surface area (TPSA) is 135 Å². The fraction of sp³-hybridized carbons (Fsp3) is 0.400. The summed E-state index contributed by atoms with van der Waals surface area (Å²) in [6, 6.07) is 12.3. The standard InChI is InChI=1S/C25H28N8O2/c26-11-8-25(33-17-21(22(27)34)23(30-33)29-24(35)19-6-7-19)9-12-31(13-10-25)15-18-14-28-32(16-18)20-4-2-1-3-5-20/h1-5,14,16-17,19H,6-10,12-13,15H2,(H2,27,34)(H,29,30,35). The first-order chi connectivity index (χ1) is 17.0. The van der Waals surface area contributed by atoms with Crippen molar-refractivity contribution >= 4 is 17.6 Å². The van der Waals surface area contributed by atoms with E-state index in [1.165, 1.54) is 0 Å². The number of primary amides is 1. The molecule has 0 spiro atoms. The van der Waals surface area contributed by atoms with Crippen molar-refractivity contribution in [2.75, 3.05) is 18.4 Å². The molecule has 5 rings (SSSR count). The van der Waals surface area contributed by atoms with Crippen LogP contribution in [0.4, 0.5) is 5.82 Å². The van der Waals surface area contributed by atoms with Crippen LogP contribution in [-0.2, 0) is 16.9 Å². The zero-order valence-corrected chi connectivity index (χ0v) is 19.4. The van der Waals surface area contributed by atoms with Gasteiger partial charge in [0.1, 0.15) is 5.56 Å². The Morgan fingerprint density at radius 2 is 1.91 bits per heavy atom. The van der Waals surface area contributed by atoms with Gasteiger partial charge in [-0.15, -0.1) is 0 Å². The van der Waals surface area contributed by atoms with Gasteiger partial charge in [-0.2, -0.15) is 15.5 Å². The van der Waals surface area contributed by atoms with Gasteiger partial charge in [0.15, 0.2) is 5.82 Å². The van der Waals surface area contributed by atoms with Crippen LogP contribution < -0.4 is 11.1 Å². The molecule has 0 unspecified atom stereocenters. The maximum Gasteiger partial charge on any atom is 0.254 e. The number of hydrogen-bond donors (Lipinski definition) is 2. The minimum absolute atomic E-state index is 0.0246.